The molecule has 1 aliphatic heterocycles. The quantitative estimate of drug-likeness (QED) is 0.251. The molecule has 0 atom stereocenters. The Bertz CT molecular complexity index is 1560. The number of para-hydroxylation sites is 2. The molecular formula is C37H40FN3O3. The lowest BCUT2D eigenvalue weighted by Crippen LogP contribution is -2.39. The molecule has 4 aromatic carbocycles. The van der Waals surface area contributed by atoms with E-state index < -0.39 is 0 Å². The molecule has 1 heterocycles. The van der Waals surface area contributed by atoms with Gasteiger partial charge in [-0.3, -0.25) is 14.5 Å². The molecular weight excluding hydrogens is 553 g/mol. The fourth-order valence-electron chi connectivity index (χ4n) is 5.97. The molecule has 6 nitrogen and oxygen atoms in total. The summed E-state index contributed by atoms with van der Waals surface area (Å²) in [5.74, 6) is 0.133. The number of hydrogen-bond acceptors (Lipinski definition) is 4. The second kappa shape index (κ2) is 14.8. The van der Waals surface area contributed by atoms with Gasteiger partial charge < -0.3 is 14.5 Å². The van der Waals surface area contributed by atoms with Crippen LogP contribution in [0.1, 0.15) is 45.5 Å². The molecule has 2 amide bonds. The first kappa shape index (κ1) is 31.0. The number of halogens is 1. The molecule has 0 saturated heterocycles. The number of amides is 2. The number of hydrogen-bond donors (Lipinski definition) is 0. The summed E-state index contributed by atoms with van der Waals surface area (Å²) in [6, 6.07) is 29.7. The summed E-state index contributed by atoms with van der Waals surface area (Å²) >= 11 is 0. The Hall–Kier alpha value is -4.49. The molecule has 228 valence electrons. The van der Waals surface area contributed by atoms with Gasteiger partial charge in [0.25, 0.3) is 5.91 Å². The Morgan fingerprint density at radius 3 is 2.25 bits per heavy atom. The number of benzene rings is 4. The van der Waals surface area contributed by atoms with Gasteiger partial charge in [0, 0.05) is 50.4 Å². The van der Waals surface area contributed by atoms with E-state index in [0.717, 1.165) is 54.9 Å². The smallest absolute Gasteiger partial charge is 0.258 e. The molecule has 0 saturated carbocycles. The molecule has 0 N–H and O–H groups in total. The van der Waals surface area contributed by atoms with E-state index in [2.05, 4.69) is 17.0 Å². The average Bonchev–Trinajstić information content (AvgIpc) is 3.03. The minimum Gasteiger partial charge on any atom is -0.496 e. The van der Waals surface area contributed by atoms with Crippen molar-refractivity contribution in [2.24, 2.45) is 0 Å². The lowest BCUT2D eigenvalue weighted by Gasteiger charge is -2.33. The molecule has 44 heavy (non-hydrogen) atoms. The molecule has 0 fully saturated rings. The number of carbonyl (C=O) groups is 2. The number of rotatable bonds is 6. The van der Waals surface area contributed by atoms with Crippen molar-refractivity contribution in [1.29, 1.82) is 0 Å². The van der Waals surface area contributed by atoms with Crippen molar-refractivity contribution in [2.75, 3.05) is 38.2 Å². The van der Waals surface area contributed by atoms with E-state index in [1.807, 2.05) is 77.4 Å². The monoisotopic (exact) mass is 593 g/mol. The van der Waals surface area contributed by atoms with Gasteiger partial charge in [-0.15, -0.1) is 0 Å². The van der Waals surface area contributed by atoms with E-state index in [-0.39, 0.29) is 24.1 Å². The fourth-order valence-corrected chi connectivity index (χ4v) is 5.97. The van der Waals surface area contributed by atoms with Crippen LogP contribution in [0.3, 0.4) is 0 Å². The zero-order chi connectivity index (χ0) is 30.9. The number of methoxy groups -OCH3 is 1. The summed E-state index contributed by atoms with van der Waals surface area (Å²) < 4.78 is 19.3. The second-order valence-corrected chi connectivity index (χ2v) is 11.3. The van der Waals surface area contributed by atoms with Gasteiger partial charge in [0.05, 0.1) is 19.2 Å². The Labute approximate surface area is 259 Å². The molecule has 5 rings (SSSR count). The Morgan fingerprint density at radius 2 is 1.50 bits per heavy atom. The third-order valence-electron chi connectivity index (χ3n) is 8.18. The zero-order valence-corrected chi connectivity index (χ0v) is 25.5. The van der Waals surface area contributed by atoms with Gasteiger partial charge >= 0.3 is 0 Å². The second-order valence-electron chi connectivity index (χ2n) is 11.3. The molecule has 0 aromatic heterocycles. The topological polar surface area (TPSA) is 53.1 Å². The van der Waals surface area contributed by atoms with Crippen LogP contribution in [0.15, 0.2) is 97.1 Å². The largest absolute Gasteiger partial charge is 0.496 e. The van der Waals surface area contributed by atoms with Gasteiger partial charge in [0.2, 0.25) is 5.91 Å². The Morgan fingerprint density at radius 1 is 0.795 bits per heavy atom. The van der Waals surface area contributed by atoms with E-state index in [1.54, 1.807) is 7.11 Å². The maximum Gasteiger partial charge on any atom is 0.258 e. The minimum atomic E-state index is -0.382. The van der Waals surface area contributed by atoms with Crippen LogP contribution in [-0.4, -0.2) is 54.9 Å². The van der Waals surface area contributed by atoms with Crippen LogP contribution in [-0.2, 0) is 24.3 Å². The molecule has 0 aliphatic carbocycles. The molecule has 0 bridgehead atoms. The van der Waals surface area contributed by atoms with Crippen LogP contribution in [0.4, 0.5) is 10.1 Å². The standard InChI is InChI=1S/C37H40FN3O3/c1-28-11-8-15-32-27-40(35(42)25-31-14-6-7-16-34(31)44-2)23-9-21-39(26-29-12-4-3-5-13-29)22-10-24-41(36(28)32)37(43)30-17-19-33(38)20-18-30/h3-8,11-20H,9-10,21-27H2,1-2H3. The number of carbonyl (C=O) groups excluding carboxylic acids is 2. The van der Waals surface area contributed by atoms with E-state index in [9.17, 15) is 14.0 Å². The number of ether oxygens (including phenoxy) is 1. The van der Waals surface area contributed by atoms with Crippen molar-refractivity contribution < 1.29 is 18.7 Å². The van der Waals surface area contributed by atoms with Crippen LogP contribution in [0, 0.1) is 12.7 Å². The first-order valence-corrected chi connectivity index (χ1v) is 15.2. The van der Waals surface area contributed by atoms with Crippen LogP contribution in [0.25, 0.3) is 0 Å². The summed E-state index contributed by atoms with van der Waals surface area (Å²) in [7, 11) is 1.62. The Kier molecular flexibility index (Phi) is 10.4. The van der Waals surface area contributed by atoms with Gasteiger partial charge in [-0.1, -0.05) is 66.7 Å². The van der Waals surface area contributed by atoms with Crippen molar-refractivity contribution in [3.05, 3.63) is 131 Å². The number of aryl methyl sites for hydroxylation is 1. The van der Waals surface area contributed by atoms with Gasteiger partial charge in [-0.05, 0) is 66.8 Å². The van der Waals surface area contributed by atoms with Crippen molar-refractivity contribution in [3.8, 4) is 5.75 Å². The van der Waals surface area contributed by atoms with E-state index in [1.165, 1.54) is 29.8 Å². The average molecular weight is 594 g/mol. The maximum absolute atomic E-state index is 14.0. The van der Waals surface area contributed by atoms with Crippen LogP contribution in [0.2, 0.25) is 0 Å². The minimum absolute atomic E-state index is 0.00466. The number of nitrogens with zero attached hydrogens (tertiary/aromatic N) is 3. The summed E-state index contributed by atoms with van der Waals surface area (Å²) in [5, 5.41) is 0. The summed E-state index contributed by atoms with van der Waals surface area (Å²) in [6.45, 7) is 5.85. The molecule has 1 aliphatic rings. The fraction of sp³-hybridized carbons (Fsp3) is 0.297. The van der Waals surface area contributed by atoms with Crippen molar-refractivity contribution >= 4 is 17.5 Å². The van der Waals surface area contributed by atoms with E-state index >= 15 is 0 Å². The first-order chi connectivity index (χ1) is 21.4. The van der Waals surface area contributed by atoms with Gasteiger partial charge in [-0.25, -0.2) is 4.39 Å². The highest BCUT2D eigenvalue weighted by Gasteiger charge is 2.26. The number of anilines is 1. The summed E-state index contributed by atoms with van der Waals surface area (Å²) in [5.41, 5.74) is 5.17. The molecule has 7 heteroatoms. The maximum atomic E-state index is 14.0. The third-order valence-corrected chi connectivity index (χ3v) is 8.18. The molecule has 0 unspecified atom stereocenters. The number of fused-ring (bicyclic) bond motifs is 1. The van der Waals surface area contributed by atoms with Crippen LogP contribution in [0.5, 0.6) is 5.75 Å². The molecule has 4 aromatic rings. The molecule has 0 radical (unpaired) electrons. The lowest BCUT2D eigenvalue weighted by atomic mass is 10.0. The van der Waals surface area contributed by atoms with Gasteiger partial charge in [0.1, 0.15) is 11.6 Å². The van der Waals surface area contributed by atoms with Crippen molar-refractivity contribution in [3.63, 3.8) is 0 Å². The van der Waals surface area contributed by atoms with Gasteiger partial charge in [0.15, 0.2) is 0 Å². The highest BCUT2D eigenvalue weighted by atomic mass is 19.1. The normalized spacial score (nSPS) is 14.7. The highest BCUT2D eigenvalue weighted by molar-refractivity contribution is 6.07. The Balaban J connectivity index is 1.50. The van der Waals surface area contributed by atoms with Crippen LogP contribution < -0.4 is 9.64 Å². The lowest BCUT2D eigenvalue weighted by molar-refractivity contribution is -0.131. The zero-order valence-electron chi connectivity index (χ0n) is 25.5. The van der Waals surface area contributed by atoms with E-state index in [0.29, 0.717) is 30.9 Å². The first-order valence-electron chi connectivity index (χ1n) is 15.2. The molecule has 0 spiro atoms. The van der Waals surface area contributed by atoms with Crippen molar-refractivity contribution in [2.45, 2.75) is 39.3 Å². The van der Waals surface area contributed by atoms with Crippen molar-refractivity contribution in [1.82, 2.24) is 9.80 Å². The predicted molar refractivity (Wildman–Crippen MR) is 172 cm³/mol. The predicted octanol–water partition coefficient (Wildman–Crippen LogP) is 6.66. The SMILES string of the molecule is COc1ccccc1CC(=O)N1CCCN(Cc2ccccc2)CCCN(C(=O)c2ccc(F)cc2)c2c(C)cccc2C1. The van der Waals surface area contributed by atoms with E-state index in [4.69, 9.17) is 4.74 Å². The summed E-state index contributed by atoms with van der Waals surface area (Å²) in [6.07, 6.45) is 1.81. The summed E-state index contributed by atoms with van der Waals surface area (Å²) in [4.78, 5) is 34.1. The van der Waals surface area contributed by atoms with Crippen LogP contribution >= 0.6 is 0 Å². The third kappa shape index (κ3) is 7.71. The van der Waals surface area contributed by atoms with Gasteiger partial charge in [-0.2, -0.15) is 0 Å². The highest BCUT2D eigenvalue weighted by Crippen LogP contribution is 2.30.